The summed E-state index contributed by atoms with van der Waals surface area (Å²) in [6.07, 6.45) is -0.0834. The van der Waals surface area contributed by atoms with Gasteiger partial charge < -0.3 is 14.8 Å². The number of hydrogen-bond donors (Lipinski definition) is 1. The van der Waals surface area contributed by atoms with Gasteiger partial charge in [0.25, 0.3) is 5.91 Å². The summed E-state index contributed by atoms with van der Waals surface area (Å²) in [6.45, 7) is 7.44. The highest BCUT2D eigenvalue weighted by Gasteiger charge is 2.30. The number of hydrogen-bond acceptors (Lipinski definition) is 4. The summed E-state index contributed by atoms with van der Waals surface area (Å²) in [5.74, 6) is -0.126. The third kappa shape index (κ3) is 3.35. The number of pyridine rings is 1. The third-order valence-electron chi connectivity index (χ3n) is 4.13. The number of nitrogens with zero attached hydrogens (tertiary/aromatic N) is 1. The highest BCUT2D eigenvalue weighted by molar-refractivity contribution is 5.98. The topological polar surface area (TPSA) is 60.5 Å². The van der Waals surface area contributed by atoms with Crippen molar-refractivity contribution in [3.05, 3.63) is 41.1 Å². The van der Waals surface area contributed by atoms with Crippen LogP contribution >= 0.6 is 0 Å². The Labute approximate surface area is 136 Å². The first kappa shape index (κ1) is 15.9. The van der Waals surface area contributed by atoms with E-state index in [1.165, 1.54) is 0 Å². The fraction of sp³-hybridized carbons (Fsp3) is 0.444. The summed E-state index contributed by atoms with van der Waals surface area (Å²) in [7, 11) is 0. The van der Waals surface area contributed by atoms with Crippen LogP contribution < -0.4 is 5.32 Å². The molecule has 2 atom stereocenters. The lowest BCUT2D eigenvalue weighted by Crippen LogP contribution is -2.44. The molecule has 3 rings (SSSR count). The molecular formula is C18H22N2O3. The summed E-state index contributed by atoms with van der Waals surface area (Å²) in [6, 6.07) is 7.84. The minimum atomic E-state index is -0.126. The second-order valence-electron chi connectivity index (χ2n) is 5.93. The molecule has 0 unspecified atom stereocenters. The maximum Gasteiger partial charge on any atom is 0.253 e. The molecule has 1 amide bonds. The lowest BCUT2D eigenvalue weighted by Gasteiger charge is -2.19. The van der Waals surface area contributed by atoms with E-state index in [2.05, 4.69) is 10.3 Å². The highest BCUT2D eigenvalue weighted by Crippen LogP contribution is 2.19. The van der Waals surface area contributed by atoms with Gasteiger partial charge in [-0.25, -0.2) is 0 Å². The summed E-state index contributed by atoms with van der Waals surface area (Å²) in [5.41, 5.74) is 3.38. The molecule has 1 aromatic heterocycles. The van der Waals surface area contributed by atoms with Gasteiger partial charge in [0.1, 0.15) is 6.10 Å². The molecule has 1 N–H and O–H groups in total. The van der Waals surface area contributed by atoms with Crippen molar-refractivity contribution >= 4 is 16.8 Å². The number of rotatable bonds is 4. The van der Waals surface area contributed by atoms with Gasteiger partial charge >= 0.3 is 0 Å². The van der Waals surface area contributed by atoms with Crippen molar-refractivity contribution in [3.8, 4) is 0 Å². The largest absolute Gasteiger partial charge is 0.376 e. The number of aromatic nitrogens is 1. The van der Waals surface area contributed by atoms with Gasteiger partial charge in [-0.2, -0.15) is 0 Å². The van der Waals surface area contributed by atoms with Crippen LogP contribution in [-0.2, 0) is 9.47 Å². The van der Waals surface area contributed by atoms with Crippen LogP contribution in [0.2, 0.25) is 0 Å². The predicted octanol–water partition coefficient (Wildman–Crippen LogP) is 2.39. The van der Waals surface area contributed by atoms with Crippen molar-refractivity contribution in [1.29, 1.82) is 0 Å². The zero-order valence-electron chi connectivity index (χ0n) is 13.8. The van der Waals surface area contributed by atoms with Crippen molar-refractivity contribution < 1.29 is 14.3 Å². The average Bonchev–Trinajstić information content (AvgIpc) is 2.94. The van der Waals surface area contributed by atoms with Gasteiger partial charge in [-0.3, -0.25) is 9.78 Å². The fourth-order valence-electron chi connectivity index (χ4n) is 2.92. The zero-order chi connectivity index (χ0) is 16.4. The van der Waals surface area contributed by atoms with Gasteiger partial charge in [0.2, 0.25) is 0 Å². The molecule has 2 heterocycles. The van der Waals surface area contributed by atoms with Crippen LogP contribution in [0.1, 0.15) is 28.5 Å². The molecule has 0 spiro atoms. The number of benzene rings is 1. The predicted molar refractivity (Wildman–Crippen MR) is 88.7 cm³/mol. The van der Waals surface area contributed by atoms with Crippen molar-refractivity contribution in [2.75, 3.05) is 19.8 Å². The number of aryl methyl sites for hydroxylation is 2. The monoisotopic (exact) mass is 314 g/mol. The van der Waals surface area contributed by atoms with Crippen LogP contribution in [0, 0.1) is 13.8 Å². The summed E-state index contributed by atoms with van der Waals surface area (Å²) in [5, 5.41) is 4.00. The standard InChI is InChI=1S/C18H22N2O3/c1-4-23-17-10-22-9-16(17)20-18(21)14-8-13-7-11(2)5-6-15(13)19-12(14)3/h5-8,16-17H,4,9-10H2,1-3H3,(H,20,21)/t16-,17-/m1/s1. The number of nitrogens with one attached hydrogen (secondary N) is 1. The second-order valence-corrected chi connectivity index (χ2v) is 5.93. The molecular weight excluding hydrogens is 292 g/mol. The summed E-state index contributed by atoms with van der Waals surface area (Å²) >= 11 is 0. The van der Waals surface area contributed by atoms with Gasteiger partial charge in [-0.1, -0.05) is 11.6 Å². The molecule has 1 aliphatic rings. The normalized spacial score (nSPS) is 20.8. The Hall–Kier alpha value is -1.98. The molecule has 1 fully saturated rings. The van der Waals surface area contributed by atoms with Crippen molar-refractivity contribution in [2.45, 2.75) is 32.9 Å². The van der Waals surface area contributed by atoms with Gasteiger partial charge in [0, 0.05) is 12.0 Å². The minimum absolute atomic E-state index is 0.0834. The first-order valence-corrected chi connectivity index (χ1v) is 7.96. The van der Waals surface area contributed by atoms with Crippen LogP contribution in [0.3, 0.4) is 0 Å². The number of carbonyl (C=O) groups excluding carboxylic acids is 1. The molecule has 1 aromatic carbocycles. The van der Waals surface area contributed by atoms with E-state index in [-0.39, 0.29) is 18.1 Å². The van der Waals surface area contributed by atoms with Crippen LogP contribution in [0.4, 0.5) is 0 Å². The molecule has 0 bridgehead atoms. The SMILES string of the molecule is CCO[C@@H]1COC[C@H]1NC(=O)c1cc2cc(C)ccc2nc1C. The molecule has 122 valence electrons. The Bertz CT molecular complexity index is 730. The van der Waals surface area contributed by atoms with E-state index in [1.807, 2.05) is 45.0 Å². The molecule has 5 nitrogen and oxygen atoms in total. The lowest BCUT2D eigenvalue weighted by molar-refractivity contribution is 0.0402. The molecule has 0 aliphatic carbocycles. The maximum atomic E-state index is 12.6. The smallest absolute Gasteiger partial charge is 0.253 e. The Balaban J connectivity index is 1.84. The number of fused-ring (bicyclic) bond motifs is 1. The lowest BCUT2D eigenvalue weighted by atomic mass is 10.1. The Morgan fingerprint density at radius 1 is 1.35 bits per heavy atom. The van der Waals surface area contributed by atoms with E-state index in [1.54, 1.807) is 0 Å². The first-order valence-electron chi connectivity index (χ1n) is 7.96. The third-order valence-corrected chi connectivity index (χ3v) is 4.13. The van der Waals surface area contributed by atoms with Gasteiger partial charge in [0.05, 0.1) is 36.0 Å². The second kappa shape index (κ2) is 6.64. The van der Waals surface area contributed by atoms with E-state index in [9.17, 15) is 4.79 Å². The molecule has 0 radical (unpaired) electrons. The van der Waals surface area contributed by atoms with Crippen molar-refractivity contribution in [3.63, 3.8) is 0 Å². The summed E-state index contributed by atoms with van der Waals surface area (Å²) in [4.78, 5) is 17.2. The van der Waals surface area contributed by atoms with E-state index in [4.69, 9.17) is 9.47 Å². The zero-order valence-corrected chi connectivity index (χ0v) is 13.8. The van der Waals surface area contributed by atoms with Crippen LogP contribution in [-0.4, -0.2) is 42.9 Å². The summed E-state index contributed by atoms with van der Waals surface area (Å²) < 4.78 is 11.0. The molecule has 23 heavy (non-hydrogen) atoms. The van der Waals surface area contributed by atoms with Crippen molar-refractivity contribution in [1.82, 2.24) is 10.3 Å². The van der Waals surface area contributed by atoms with Gasteiger partial charge in [-0.05, 0) is 39.0 Å². The molecule has 5 heteroatoms. The molecule has 1 saturated heterocycles. The average molecular weight is 314 g/mol. The van der Waals surface area contributed by atoms with Gasteiger partial charge in [-0.15, -0.1) is 0 Å². The number of ether oxygens (including phenoxy) is 2. The van der Waals surface area contributed by atoms with E-state index < -0.39 is 0 Å². The fourth-order valence-corrected chi connectivity index (χ4v) is 2.92. The highest BCUT2D eigenvalue weighted by atomic mass is 16.5. The van der Waals surface area contributed by atoms with E-state index in [0.29, 0.717) is 25.4 Å². The Kier molecular flexibility index (Phi) is 4.59. The Morgan fingerprint density at radius 2 is 2.17 bits per heavy atom. The van der Waals surface area contributed by atoms with Crippen LogP contribution in [0.15, 0.2) is 24.3 Å². The van der Waals surface area contributed by atoms with E-state index in [0.717, 1.165) is 22.2 Å². The number of amides is 1. The molecule has 1 aliphatic heterocycles. The van der Waals surface area contributed by atoms with Crippen LogP contribution in [0.5, 0.6) is 0 Å². The molecule has 2 aromatic rings. The first-order chi connectivity index (χ1) is 11.1. The maximum absolute atomic E-state index is 12.6. The molecule has 0 saturated carbocycles. The van der Waals surface area contributed by atoms with E-state index >= 15 is 0 Å². The number of carbonyl (C=O) groups is 1. The van der Waals surface area contributed by atoms with Crippen molar-refractivity contribution in [2.24, 2.45) is 0 Å². The minimum Gasteiger partial charge on any atom is -0.376 e. The van der Waals surface area contributed by atoms with Crippen LogP contribution in [0.25, 0.3) is 10.9 Å². The van der Waals surface area contributed by atoms with Gasteiger partial charge in [0.15, 0.2) is 0 Å². The Morgan fingerprint density at radius 3 is 2.96 bits per heavy atom. The quantitative estimate of drug-likeness (QED) is 0.941.